The highest BCUT2D eigenvalue weighted by Crippen LogP contribution is 2.29. The molecule has 0 aliphatic heterocycles. The number of aryl methyl sites for hydroxylation is 1. The summed E-state index contributed by atoms with van der Waals surface area (Å²) >= 11 is 0. The highest BCUT2D eigenvalue weighted by Gasteiger charge is 2.31. The van der Waals surface area contributed by atoms with Gasteiger partial charge in [0.1, 0.15) is 11.6 Å². The van der Waals surface area contributed by atoms with Crippen LogP contribution in [-0.2, 0) is 6.54 Å². The number of hydrogen-bond donors (Lipinski definition) is 3. The third kappa shape index (κ3) is 7.35. The van der Waals surface area contributed by atoms with E-state index in [1.165, 1.54) is 18.2 Å². The maximum Gasteiger partial charge on any atom is 0.573 e. The smallest absolute Gasteiger partial charge is 0.406 e. The molecule has 0 unspecified atom stereocenters. The fourth-order valence-corrected chi connectivity index (χ4v) is 3.21. The summed E-state index contributed by atoms with van der Waals surface area (Å²) in [5.41, 5.74) is 3.03. The van der Waals surface area contributed by atoms with Gasteiger partial charge < -0.3 is 20.5 Å². The Labute approximate surface area is 190 Å². The van der Waals surface area contributed by atoms with Crippen molar-refractivity contribution in [2.75, 3.05) is 17.2 Å². The Morgan fingerprint density at radius 1 is 1.03 bits per heavy atom. The third-order valence-corrected chi connectivity index (χ3v) is 4.96. The van der Waals surface area contributed by atoms with Crippen molar-refractivity contribution in [1.82, 2.24) is 9.97 Å². The van der Waals surface area contributed by atoms with Crippen LogP contribution in [0.15, 0.2) is 54.6 Å². The van der Waals surface area contributed by atoms with Crippen LogP contribution in [0.4, 0.5) is 24.9 Å². The Kier molecular flexibility index (Phi) is 7.75. The topological polar surface area (TPSA) is 79.3 Å². The summed E-state index contributed by atoms with van der Waals surface area (Å²) in [5, 5.41) is 16.0. The van der Waals surface area contributed by atoms with Gasteiger partial charge in [0.25, 0.3) is 0 Å². The quantitative estimate of drug-likeness (QED) is 0.397. The number of nitrogens with one attached hydrogen (secondary N) is 2. The van der Waals surface area contributed by atoms with E-state index in [2.05, 4.69) is 25.3 Å². The highest BCUT2D eigenvalue weighted by atomic mass is 19.4. The summed E-state index contributed by atoms with van der Waals surface area (Å²) < 4.78 is 42.0. The summed E-state index contributed by atoms with van der Waals surface area (Å²) in [4.78, 5) is 8.96. The van der Waals surface area contributed by atoms with E-state index in [9.17, 15) is 18.3 Å². The predicted octanol–water partition coefficient (Wildman–Crippen LogP) is 5.39. The monoisotopic (exact) mass is 460 g/mol. The molecule has 0 spiro atoms. The molecule has 33 heavy (non-hydrogen) atoms. The molecule has 6 nitrogen and oxygen atoms in total. The second kappa shape index (κ2) is 10.5. The number of hydrogen-bond acceptors (Lipinski definition) is 6. The molecule has 0 aliphatic carbocycles. The number of aromatic nitrogens is 2. The molecular weight excluding hydrogens is 433 g/mol. The molecule has 0 saturated carbocycles. The third-order valence-electron chi connectivity index (χ3n) is 4.96. The number of aliphatic hydroxyl groups excluding tert-OH is 1. The molecule has 3 rings (SSSR count). The normalized spacial score (nSPS) is 12.5. The number of rotatable bonds is 9. The molecule has 3 N–H and O–H groups in total. The lowest BCUT2D eigenvalue weighted by atomic mass is 10.1. The fraction of sp³-hybridized carbons (Fsp3) is 0.333. The molecule has 1 aromatic heterocycles. The van der Waals surface area contributed by atoms with Crippen molar-refractivity contribution in [3.8, 4) is 17.0 Å². The first-order valence-corrected chi connectivity index (χ1v) is 10.5. The number of halogens is 3. The molecule has 9 heteroatoms. The van der Waals surface area contributed by atoms with E-state index in [-0.39, 0.29) is 30.3 Å². The Morgan fingerprint density at radius 3 is 2.45 bits per heavy atom. The van der Waals surface area contributed by atoms with E-state index in [4.69, 9.17) is 0 Å². The second-order valence-electron chi connectivity index (χ2n) is 8.06. The lowest BCUT2D eigenvalue weighted by molar-refractivity contribution is -0.274. The van der Waals surface area contributed by atoms with Crippen LogP contribution in [0.3, 0.4) is 0 Å². The summed E-state index contributed by atoms with van der Waals surface area (Å²) in [7, 11) is 0. The van der Waals surface area contributed by atoms with Crippen LogP contribution in [-0.4, -0.2) is 34.1 Å². The van der Waals surface area contributed by atoms with Crippen molar-refractivity contribution in [1.29, 1.82) is 0 Å². The average molecular weight is 461 g/mol. The lowest BCUT2D eigenvalue weighted by Crippen LogP contribution is -2.30. The molecule has 2 aromatic carbocycles. The zero-order chi connectivity index (χ0) is 24.0. The number of ether oxygens (including phenoxy) is 1. The molecule has 1 heterocycles. The van der Waals surface area contributed by atoms with Crippen molar-refractivity contribution in [2.45, 2.75) is 39.7 Å². The minimum absolute atomic E-state index is 0.106. The van der Waals surface area contributed by atoms with Gasteiger partial charge in [-0.15, -0.1) is 13.2 Å². The molecule has 1 atom stereocenters. The summed E-state index contributed by atoms with van der Waals surface area (Å²) in [6, 6.07) is 15.0. The minimum Gasteiger partial charge on any atom is -0.406 e. The number of anilines is 2. The van der Waals surface area contributed by atoms with Crippen molar-refractivity contribution in [3.05, 3.63) is 65.7 Å². The number of nitrogens with zero attached hydrogens (tertiary/aromatic N) is 2. The molecular formula is C24H27F3N4O2. The molecule has 0 fully saturated rings. The van der Waals surface area contributed by atoms with Crippen molar-refractivity contribution in [2.24, 2.45) is 5.92 Å². The van der Waals surface area contributed by atoms with Gasteiger partial charge in [-0.1, -0.05) is 55.8 Å². The molecule has 0 bridgehead atoms. The zero-order valence-corrected chi connectivity index (χ0v) is 18.6. The first-order chi connectivity index (χ1) is 15.6. The molecule has 0 aliphatic rings. The van der Waals surface area contributed by atoms with E-state index < -0.39 is 6.36 Å². The minimum atomic E-state index is -4.79. The van der Waals surface area contributed by atoms with Gasteiger partial charge in [-0.3, -0.25) is 0 Å². The van der Waals surface area contributed by atoms with E-state index >= 15 is 0 Å². The van der Waals surface area contributed by atoms with Gasteiger partial charge in [0.2, 0.25) is 5.95 Å². The second-order valence-corrected chi connectivity index (χ2v) is 8.06. The Morgan fingerprint density at radius 2 is 1.79 bits per heavy atom. The Hall–Kier alpha value is -3.33. The van der Waals surface area contributed by atoms with Gasteiger partial charge in [-0.25, -0.2) is 4.98 Å². The Bertz CT molecular complexity index is 1070. The highest BCUT2D eigenvalue weighted by molar-refractivity contribution is 5.66. The molecule has 0 amide bonds. The van der Waals surface area contributed by atoms with E-state index in [0.717, 1.165) is 11.1 Å². The number of alkyl halides is 3. The first-order valence-electron chi connectivity index (χ1n) is 10.5. The molecule has 0 saturated heterocycles. The van der Waals surface area contributed by atoms with Gasteiger partial charge in [-0.05, 0) is 30.5 Å². The van der Waals surface area contributed by atoms with Crippen LogP contribution in [0.2, 0.25) is 0 Å². The molecule has 176 valence electrons. The van der Waals surface area contributed by atoms with Gasteiger partial charge in [-0.2, -0.15) is 4.98 Å². The lowest BCUT2D eigenvalue weighted by Gasteiger charge is -2.21. The first kappa shape index (κ1) is 24.3. The fourth-order valence-electron chi connectivity index (χ4n) is 3.21. The van der Waals surface area contributed by atoms with Crippen LogP contribution in [0.5, 0.6) is 5.75 Å². The Balaban J connectivity index is 1.93. The van der Waals surface area contributed by atoms with Gasteiger partial charge in [0, 0.05) is 18.2 Å². The largest absolute Gasteiger partial charge is 0.573 e. The van der Waals surface area contributed by atoms with Crippen LogP contribution in [0.1, 0.15) is 25.0 Å². The van der Waals surface area contributed by atoms with Gasteiger partial charge in [0.15, 0.2) is 0 Å². The standard InChI is InChI=1S/C24H27F3N4O2/c1-15(2)21(14-32)30-23-29-20(18-8-5-9-19(11-18)33-24(25,26)27)12-22(31-23)28-13-17-7-4-6-16(3)10-17/h4-12,15,21,32H,13-14H2,1-3H3,(H2,28,29,30,31)/t21-/m0/s1. The van der Waals surface area contributed by atoms with Gasteiger partial charge >= 0.3 is 6.36 Å². The summed E-state index contributed by atoms with van der Waals surface area (Å²) in [6.45, 7) is 6.29. The van der Waals surface area contributed by atoms with Crippen LogP contribution >= 0.6 is 0 Å². The molecule has 0 radical (unpaired) electrons. The average Bonchev–Trinajstić information content (AvgIpc) is 2.75. The van der Waals surface area contributed by atoms with E-state index in [1.54, 1.807) is 12.1 Å². The van der Waals surface area contributed by atoms with Crippen molar-refractivity contribution >= 4 is 11.8 Å². The molecule has 3 aromatic rings. The summed E-state index contributed by atoms with van der Waals surface area (Å²) in [6.07, 6.45) is -4.79. The van der Waals surface area contributed by atoms with Crippen LogP contribution in [0, 0.1) is 12.8 Å². The maximum absolute atomic E-state index is 12.7. The van der Waals surface area contributed by atoms with E-state index in [1.807, 2.05) is 45.0 Å². The predicted molar refractivity (Wildman–Crippen MR) is 122 cm³/mol. The summed E-state index contributed by atoms with van der Waals surface area (Å²) in [5.74, 6) is 0.521. The van der Waals surface area contributed by atoms with E-state index in [0.29, 0.717) is 23.6 Å². The SMILES string of the molecule is Cc1cccc(CNc2cc(-c3cccc(OC(F)(F)F)c3)nc(N[C@@H](CO)C(C)C)n2)c1. The van der Waals surface area contributed by atoms with Crippen LogP contribution < -0.4 is 15.4 Å². The van der Waals surface area contributed by atoms with Crippen molar-refractivity contribution in [3.63, 3.8) is 0 Å². The van der Waals surface area contributed by atoms with Crippen molar-refractivity contribution < 1.29 is 23.0 Å². The number of aliphatic hydroxyl groups is 1. The number of benzene rings is 2. The zero-order valence-electron chi connectivity index (χ0n) is 18.6. The van der Waals surface area contributed by atoms with Crippen LogP contribution in [0.25, 0.3) is 11.3 Å². The van der Waals surface area contributed by atoms with Gasteiger partial charge in [0.05, 0.1) is 18.3 Å². The maximum atomic E-state index is 12.7.